The fraction of sp³-hybridized carbons (Fsp3) is 0.351. The van der Waals surface area contributed by atoms with Crippen LogP contribution >= 0.6 is 0 Å². The summed E-state index contributed by atoms with van der Waals surface area (Å²) < 4.78 is 69.2. The minimum absolute atomic E-state index is 0.0864. The highest BCUT2D eigenvalue weighted by molar-refractivity contribution is 7.89. The second kappa shape index (κ2) is 33.4. The van der Waals surface area contributed by atoms with Gasteiger partial charge in [0.15, 0.2) is 0 Å². The molecule has 0 spiro atoms. The number of nitrogens with zero attached hydrogens (tertiary/aromatic N) is 9. The zero-order valence-electron chi connectivity index (χ0n) is 54.7. The molecule has 0 bridgehead atoms. The van der Waals surface area contributed by atoms with E-state index < -0.39 is 20.0 Å². The van der Waals surface area contributed by atoms with Gasteiger partial charge in [0.05, 0.1) is 26.9 Å². The predicted octanol–water partition coefficient (Wildman–Crippen LogP) is 10.6. The van der Waals surface area contributed by atoms with Crippen LogP contribution in [0.4, 0.5) is 4.39 Å². The largest absolute Gasteiger partial charge is 0.508 e. The Hall–Kier alpha value is -8.25. The molecule has 6 aromatic carbocycles. The third-order valence-corrected chi connectivity index (χ3v) is 21.5. The van der Waals surface area contributed by atoms with Crippen LogP contribution in [0.2, 0.25) is 0 Å². The van der Waals surface area contributed by atoms with Crippen LogP contribution in [-0.4, -0.2) is 147 Å². The van der Waals surface area contributed by atoms with Gasteiger partial charge in [0.25, 0.3) is 0 Å². The van der Waals surface area contributed by atoms with Crippen molar-refractivity contribution in [3.8, 4) is 45.3 Å². The lowest BCUT2D eigenvalue weighted by atomic mass is 10.0. The number of rotatable bonds is 21. The number of aromatic nitrogens is 6. The maximum absolute atomic E-state index is 13.3. The Morgan fingerprint density at radius 3 is 1.37 bits per heavy atom. The first kappa shape index (κ1) is 69.6. The summed E-state index contributed by atoms with van der Waals surface area (Å²) in [5, 5.41) is 28.7. The van der Waals surface area contributed by atoms with E-state index in [9.17, 15) is 31.4 Å². The Morgan fingerprint density at radius 2 is 0.895 bits per heavy atom. The van der Waals surface area contributed by atoms with E-state index in [1.165, 1.54) is 28.3 Å². The van der Waals surface area contributed by atoms with Gasteiger partial charge >= 0.3 is 0 Å². The topological polar surface area (TPSA) is 232 Å². The summed E-state index contributed by atoms with van der Waals surface area (Å²) in [5.41, 5.74) is 11.0. The molecule has 5 N–H and O–H groups in total. The van der Waals surface area contributed by atoms with Crippen LogP contribution < -0.4 is 16.0 Å². The smallest absolute Gasteiger partial charge is 0.243 e. The van der Waals surface area contributed by atoms with Gasteiger partial charge in [-0.25, -0.2) is 51.1 Å². The van der Waals surface area contributed by atoms with Crippen molar-refractivity contribution in [3.05, 3.63) is 227 Å². The van der Waals surface area contributed by atoms with Crippen LogP contribution in [-0.2, 0) is 65.1 Å². The van der Waals surface area contributed by atoms with Crippen molar-refractivity contribution in [2.75, 3.05) is 58.9 Å². The van der Waals surface area contributed by atoms with Gasteiger partial charge in [-0.3, -0.25) is 4.90 Å². The maximum atomic E-state index is 13.3. The van der Waals surface area contributed by atoms with E-state index in [2.05, 4.69) is 77.8 Å². The van der Waals surface area contributed by atoms with Crippen LogP contribution in [0.3, 0.4) is 0 Å². The van der Waals surface area contributed by atoms with Gasteiger partial charge in [-0.1, -0.05) is 72.8 Å². The first-order chi connectivity index (χ1) is 45.9. The molecule has 95 heavy (non-hydrogen) atoms. The van der Waals surface area contributed by atoms with Crippen molar-refractivity contribution in [2.24, 2.45) is 0 Å². The van der Waals surface area contributed by atoms with Crippen LogP contribution in [0.5, 0.6) is 11.5 Å². The fourth-order valence-corrected chi connectivity index (χ4v) is 15.4. The highest BCUT2D eigenvalue weighted by Gasteiger charge is 2.33. The summed E-state index contributed by atoms with van der Waals surface area (Å²) in [6, 6.07) is 47.9. The van der Waals surface area contributed by atoms with E-state index in [1.54, 1.807) is 99.9 Å². The van der Waals surface area contributed by atoms with E-state index in [4.69, 9.17) is 4.98 Å². The number of hydrogen-bond donors (Lipinski definition) is 5. The molecule has 0 amide bonds. The van der Waals surface area contributed by atoms with Gasteiger partial charge < -0.3 is 26.2 Å². The SMILES string of the molecule is C[C@H]1CNCCN1S(=O)(=O)c1cccc(-c2ccnc(CCCc3ccc(O)cc3)n2)c1.C[C@H]1CNCCN1S(=O)(=O)c1cccc(-c2ccnc(CCCc3cccc(F)c3)n2)c1.Cc1ccc(CN2CCNC[C@@H]2C)cc1-c1ccnc(CCCc2ccc(O)cc2)n1. The second-order valence-electron chi connectivity index (χ2n) is 24.7. The van der Waals surface area contributed by atoms with Gasteiger partial charge in [-0.15, -0.1) is 0 Å². The summed E-state index contributed by atoms with van der Waals surface area (Å²) in [7, 11) is -7.15. The molecule has 3 aromatic heterocycles. The number of sulfonamides is 2. The van der Waals surface area contributed by atoms with E-state index in [1.807, 2.05) is 74.6 Å². The first-order valence-corrected chi connectivity index (χ1v) is 35.8. The summed E-state index contributed by atoms with van der Waals surface area (Å²) in [4.78, 5) is 30.5. The fourth-order valence-electron chi connectivity index (χ4n) is 12.1. The van der Waals surface area contributed by atoms with Gasteiger partial charge in [-0.05, 0) is 179 Å². The highest BCUT2D eigenvalue weighted by Crippen LogP contribution is 2.29. The van der Waals surface area contributed by atoms with E-state index in [0.29, 0.717) is 81.1 Å². The molecule has 18 nitrogen and oxygen atoms in total. The van der Waals surface area contributed by atoms with Crippen LogP contribution in [0.1, 0.15) is 85.3 Å². The number of phenols is 2. The molecule has 498 valence electrons. The Kier molecular flexibility index (Phi) is 24.5. The molecule has 3 aliphatic rings. The van der Waals surface area contributed by atoms with Crippen molar-refractivity contribution in [1.82, 2.24) is 59.4 Å². The standard InChI is InChI=1S/C26H32N4O.C24H27FN4O2S.C24H28N4O3S/c1-19-6-7-22(18-30-15-14-27-17-20(30)2)16-24(19)25-12-13-28-26(29-25)5-3-4-21-8-10-23(31)11-9-21;1-18-17-26-13-14-29(18)32(30,31)22-9-4-7-20(16-22)23-11-12-27-24(28-23)10-3-6-19-5-2-8-21(25)15-19;1-18-17-25-14-15-28(18)32(30,31)22-6-3-5-20(16-22)23-12-13-26-24(27-23)7-2-4-19-8-10-21(29)11-9-19/h6-13,16,20,27,31H,3-5,14-15,17-18H2,1-2H3;2,4-5,7-9,11-12,15-16,18,26H,3,6,10,13-14,17H2,1H3;3,5-6,8-13,16,18,25,29H,2,4,7,14-15,17H2,1H3/t20-;2*18-/m000/s1. The number of halogens is 1. The number of hydrogen-bond acceptors (Lipinski definition) is 16. The molecule has 0 saturated carbocycles. The van der Waals surface area contributed by atoms with Gasteiger partial charge in [-0.2, -0.15) is 8.61 Å². The normalized spacial score (nSPS) is 17.3. The third kappa shape index (κ3) is 19.5. The molecule has 21 heteroatoms. The quantitative estimate of drug-likeness (QED) is 0.0450. The molecule has 0 radical (unpaired) electrons. The van der Waals surface area contributed by atoms with E-state index in [-0.39, 0.29) is 33.4 Å². The second-order valence-corrected chi connectivity index (χ2v) is 28.4. The summed E-state index contributed by atoms with van der Waals surface area (Å²) in [6.45, 7) is 16.0. The molecule has 3 fully saturated rings. The van der Waals surface area contributed by atoms with Crippen molar-refractivity contribution in [3.63, 3.8) is 0 Å². The van der Waals surface area contributed by atoms with Gasteiger partial charge in [0.2, 0.25) is 20.0 Å². The molecule has 6 heterocycles. The number of aromatic hydroxyl groups is 2. The third-order valence-electron chi connectivity index (χ3n) is 17.4. The number of piperazine rings is 3. The van der Waals surface area contributed by atoms with Gasteiger partial charge in [0, 0.05) is 138 Å². The summed E-state index contributed by atoms with van der Waals surface area (Å²) >= 11 is 0. The van der Waals surface area contributed by atoms with E-state index in [0.717, 1.165) is 111 Å². The average Bonchev–Trinajstić information content (AvgIpc) is 0.810. The minimum Gasteiger partial charge on any atom is -0.508 e. The Balaban J connectivity index is 0.000000155. The maximum Gasteiger partial charge on any atom is 0.243 e. The predicted molar refractivity (Wildman–Crippen MR) is 371 cm³/mol. The molecule has 0 unspecified atom stereocenters. The lowest BCUT2D eigenvalue weighted by Gasteiger charge is -2.34. The van der Waals surface area contributed by atoms with Crippen molar-refractivity contribution in [1.29, 1.82) is 0 Å². The number of phenolic OH excluding ortho intramolecular Hbond substituents is 2. The van der Waals surface area contributed by atoms with Crippen molar-refractivity contribution < 1.29 is 31.4 Å². The summed E-state index contributed by atoms with van der Waals surface area (Å²) in [5.74, 6) is 2.64. The molecule has 9 aromatic rings. The van der Waals surface area contributed by atoms with E-state index >= 15 is 0 Å². The Labute approximate surface area is 559 Å². The minimum atomic E-state index is -3.58. The molecular formula is C74H87FN12O6S2. The van der Waals surface area contributed by atoms with Crippen molar-refractivity contribution >= 4 is 20.0 Å². The van der Waals surface area contributed by atoms with Crippen molar-refractivity contribution in [2.45, 2.75) is 120 Å². The zero-order chi connectivity index (χ0) is 66.7. The molecule has 12 rings (SSSR count). The van der Waals surface area contributed by atoms with Crippen LogP contribution in [0.25, 0.3) is 33.8 Å². The van der Waals surface area contributed by atoms with Crippen LogP contribution in [0.15, 0.2) is 186 Å². The van der Waals surface area contributed by atoms with Crippen LogP contribution in [0, 0.1) is 12.7 Å². The monoisotopic (exact) mass is 1320 g/mol. The first-order valence-electron chi connectivity index (χ1n) is 32.9. The average molecular weight is 1320 g/mol. The zero-order valence-corrected chi connectivity index (χ0v) is 56.3. The number of aryl methyl sites for hydroxylation is 7. The Morgan fingerprint density at radius 1 is 0.463 bits per heavy atom. The Bertz CT molecular complexity index is 4210. The van der Waals surface area contributed by atoms with Gasteiger partial charge in [0.1, 0.15) is 34.8 Å². The lowest BCUT2D eigenvalue weighted by Crippen LogP contribution is -2.52. The molecule has 3 atom stereocenters. The highest BCUT2D eigenvalue weighted by atomic mass is 32.2. The number of benzene rings is 6. The molecule has 3 saturated heterocycles. The molecule has 3 aliphatic heterocycles. The summed E-state index contributed by atoms with van der Waals surface area (Å²) in [6.07, 6.45) is 12.7. The molecule has 0 aliphatic carbocycles. The number of nitrogens with one attached hydrogen (secondary N) is 3. The lowest BCUT2D eigenvalue weighted by molar-refractivity contribution is 0.165. The molecular weight excluding hydrogens is 1240 g/mol.